The second-order valence-corrected chi connectivity index (χ2v) is 9.26. The molecule has 0 N–H and O–H groups in total. The second-order valence-electron chi connectivity index (χ2n) is 9.26. The van der Waals surface area contributed by atoms with Gasteiger partial charge in [-0.25, -0.2) is 0 Å². The summed E-state index contributed by atoms with van der Waals surface area (Å²) in [7, 11) is 0. The van der Waals surface area contributed by atoms with E-state index in [0.717, 1.165) is 16.9 Å². The van der Waals surface area contributed by atoms with Gasteiger partial charge in [-0.2, -0.15) is 0 Å². The largest absolute Gasteiger partial charge is 0.309 e. The first kappa shape index (κ1) is 21.3. The van der Waals surface area contributed by atoms with Gasteiger partial charge in [0, 0.05) is 22.5 Å². The number of hydrogen-bond acceptors (Lipinski definition) is 1. The van der Waals surface area contributed by atoms with Crippen molar-refractivity contribution in [2.45, 2.75) is 0 Å². The molecular weight excluding hydrogens is 448 g/mol. The lowest BCUT2D eigenvalue weighted by atomic mass is 10.0. The van der Waals surface area contributed by atoms with Gasteiger partial charge in [0.1, 0.15) is 0 Å². The summed E-state index contributed by atoms with van der Waals surface area (Å²) in [4.78, 5) is 4.70. The fourth-order valence-corrected chi connectivity index (χ4v) is 5.31. The van der Waals surface area contributed by atoms with Gasteiger partial charge >= 0.3 is 0 Å². The fourth-order valence-electron chi connectivity index (χ4n) is 5.31. The third-order valence-corrected chi connectivity index (χ3v) is 7.07. The quantitative estimate of drug-likeness (QED) is 0.250. The van der Waals surface area contributed by atoms with Crippen LogP contribution in [0.1, 0.15) is 0 Å². The van der Waals surface area contributed by atoms with Crippen LogP contribution < -0.4 is 0 Å². The molecule has 0 amide bonds. The lowest BCUT2D eigenvalue weighted by Crippen LogP contribution is -1.98. The number of para-hydroxylation sites is 1. The molecule has 37 heavy (non-hydrogen) atoms. The van der Waals surface area contributed by atoms with Gasteiger partial charge in [-0.05, 0) is 52.6 Å². The predicted octanol–water partition coefficient (Wildman–Crippen LogP) is 9.18. The molecule has 0 aliphatic carbocycles. The van der Waals surface area contributed by atoms with Crippen molar-refractivity contribution < 1.29 is 0 Å². The molecule has 7 aromatic rings. The van der Waals surface area contributed by atoms with Crippen LogP contribution in [0.2, 0.25) is 0 Å². The van der Waals surface area contributed by atoms with Crippen LogP contribution in [0.3, 0.4) is 0 Å². The standard InChI is InChI=1S/C35H24N2/c1-3-11-25(12-4-1)27-18-20-29-30-21-19-28(26-13-5-2-6-14-26)24-35(30)37(34(29)23-27)33-17-8-7-15-31(33)32-16-9-10-22-36-32/h1-24H. The Kier molecular flexibility index (Phi) is 5.15. The van der Waals surface area contributed by atoms with Crippen molar-refractivity contribution in [1.29, 1.82) is 0 Å². The highest BCUT2D eigenvalue weighted by Crippen LogP contribution is 2.39. The minimum Gasteiger partial charge on any atom is -0.309 e. The van der Waals surface area contributed by atoms with E-state index in [9.17, 15) is 0 Å². The average molecular weight is 473 g/mol. The van der Waals surface area contributed by atoms with Gasteiger partial charge in [-0.3, -0.25) is 4.98 Å². The average Bonchev–Trinajstić information content (AvgIpc) is 3.31. The summed E-state index contributed by atoms with van der Waals surface area (Å²) in [5.41, 5.74) is 10.4. The van der Waals surface area contributed by atoms with Crippen LogP contribution in [0.5, 0.6) is 0 Å². The summed E-state index contributed by atoms with van der Waals surface area (Å²) in [5.74, 6) is 0. The lowest BCUT2D eigenvalue weighted by molar-refractivity contribution is 1.17. The van der Waals surface area contributed by atoms with Crippen LogP contribution >= 0.6 is 0 Å². The number of aromatic nitrogens is 2. The molecule has 2 heterocycles. The molecule has 5 aromatic carbocycles. The molecule has 2 heteroatoms. The van der Waals surface area contributed by atoms with Crippen LogP contribution in [-0.2, 0) is 0 Å². The summed E-state index contributed by atoms with van der Waals surface area (Å²) < 4.78 is 2.41. The number of rotatable bonds is 4. The minimum absolute atomic E-state index is 0.964. The summed E-state index contributed by atoms with van der Waals surface area (Å²) in [6.07, 6.45) is 1.86. The summed E-state index contributed by atoms with van der Waals surface area (Å²) >= 11 is 0. The van der Waals surface area contributed by atoms with Crippen molar-refractivity contribution >= 4 is 21.8 Å². The Morgan fingerprint density at radius 1 is 0.432 bits per heavy atom. The van der Waals surface area contributed by atoms with E-state index in [0.29, 0.717) is 0 Å². The molecule has 0 bridgehead atoms. The van der Waals surface area contributed by atoms with Gasteiger partial charge in [0.2, 0.25) is 0 Å². The molecule has 2 nitrogen and oxygen atoms in total. The molecule has 2 aromatic heterocycles. The van der Waals surface area contributed by atoms with E-state index >= 15 is 0 Å². The zero-order chi connectivity index (χ0) is 24.6. The number of fused-ring (bicyclic) bond motifs is 3. The van der Waals surface area contributed by atoms with E-state index in [-0.39, 0.29) is 0 Å². The Bertz CT molecular complexity index is 1750. The molecule has 0 aliphatic rings. The van der Waals surface area contributed by atoms with E-state index in [1.807, 2.05) is 18.3 Å². The first-order chi connectivity index (χ1) is 18.4. The Hall–Kier alpha value is -4.95. The Balaban J connectivity index is 1.57. The topological polar surface area (TPSA) is 17.8 Å². The van der Waals surface area contributed by atoms with Crippen molar-refractivity contribution in [3.05, 3.63) is 146 Å². The lowest BCUT2D eigenvalue weighted by Gasteiger charge is -2.14. The monoisotopic (exact) mass is 472 g/mol. The maximum atomic E-state index is 4.70. The molecule has 0 aliphatic heterocycles. The Morgan fingerprint density at radius 3 is 1.54 bits per heavy atom. The van der Waals surface area contributed by atoms with Crippen molar-refractivity contribution in [3.8, 4) is 39.2 Å². The van der Waals surface area contributed by atoms with Crippen molar-refractivity contribution in [1.82, 2.24) is 9.55 Å². The van der Waals surface area contributed by atoms with Crippen LogP contribution in [0.15, 0.2) is 146 Å². The zero-order valence-corrected chi connectivity index (χ0v) is 20.3. The summed E-state index contributed by atoms with van der Waals surface area (Å²) in [6.45, 7) is 0. The molecule has 0 saturated heterocycles. The van der Waals surface area contributed by atoms with Crippen molar-refractivity contribution in [2.24, 2.45) is 0 Å². The van der Waals surface area contributed by atoms with E-state index in [4.69, 9.17) is 4.98 Å². The number of nitrogens with zero attached hydrogens (tertiary/aromatic N) is 2. The highest BCUT2D eigenvalue weighted by atomic mass is 15.0. The molecule has 7 rings (SSSR count). The van der Waals surface area contributed by atoms with Gasteiger partial charge in [-0.1, -0.05) is 109 Å². The van der Waals surface area contributed by atoms with Gasteiger partial charge in [0.25, 0.3) is 0 Å². The van der Waals surface area contributed by atoms with Crippen LogP contribution in [0, 0.1) is 0 Å². The third kappa shape index (κ3) is 3.71. The van der Waals surface area contributed by atoms with Crippen molar-refractivity contribution in [2.75, 3.05) is 0 Å². The minimum atomic E-state index is 0.964. The highest BCUT2D eigenvalue weighted by molar-refractivity contribution is 6.11. The van der Waals surface area contributed by atoms with E-state index in [1.165, 1.54) is 44.1 Å². The SMILES string of the molecule is c1ccc(-c2ccc3c4ccc(-c5ccccc5)cc4n(-c4ccccc4-c4ccccn4)c3c2)cc1. The van der Waals surface area contributed by atoms with Crippen LogP contribution in [-0.4, -0.2) is 9.55 Å². The first-order valence-corrected chi connectivity index (χ1v) is 12.6. The smallest absolute Gasteiger partial charge is 0.0723 e. The molecule has 0 atom stereocenters. The fraction of sp³-hybridized carbons (Fsp3) is 0. The first-order valence-electron chi connectivity index (χ1n) is 12.6. The molecule has 0 fully saturated rings. The zero-order valence-electron chi connectivity index (χ0n) is 20.3. The molecular formula is C35H24N2. The summed E-state index contributed by atoms with van der Waals surface area (Å²) in [5, 5.41) is 2.48. The normalized spacial score (nSPS) is 11.2. The van der Waals surface area contributed by atoms with E-state index < -0.39 is 0 Å². The maximum Gasteiger partial charge on any atom is 0.0723 e. The third-order valence-electron chi connectivity index (χ3n) is 7.07. The molecule has 0 saturated carbocycles. The Morgan fingerprint density at radius 2 is 0.973 bits per heavy atom. The van der Waals surface area contributed by atoms with Gasteiger partial charge in [0.15, 0.2) is 0 Å². The van der Waals surface area contributed by atoms with Gasteiger partial charge in [-0.15, -0.1) is 0 Å². The molecule has 0 unspecified atom stereocenters. The van der Waals surface area contributed by atoms with Gasteiger partial charge < -0.3 is 4.57 Å². The maximum absolute atomic E-state index is 4.70. The number of benzene rings is 5. The molecule has 0 radical (unpaired) electrons. The second kappa shape index (κ2) is 8.92. The predicted molar refractivity (Wildman–Crippen MR) is 155 cm³/mol. The Labute approximate surface area is 216 Å². The van der Waals surface area contributed by atoms with E-state index in [2.05, 4.69) is 132 Å². The van der Waals surface area contributed by atoms with E-state index in [1.54, 1.807) is 0 Å². The molecule has 0 spiro atoms. The van der Waals surface area contributed by atoms with Gasteiger partial charge in [0.05, 0.1) is 22.4 Å². The van der Waals surface area contributed by atoms with Crippen molar-refractivity contribution in [3.63, 3.8) is 0 Å². The number of hydrogen-bond donors (Lipinski definition) is 0. The molecule has 174 valence electrons. The highest BCUT2D eigenvalue weighted by Gasteiger charge is 2.17. The van der Waals surface area contributed by atoms with Crippen LogP contribution in [0.25, 0.3) is 61.0 Å². The summed E-state index contributed by atoms with van der Waals surface area (Å²) in [6, 6.07) is 49.5. The number of pyridine rings is 1. The van der Waals surface area contributed by atoms with Crippen LogP contribution in [0.4, 0.5) is 0 Å².